The summed E-state index contributed by atoms with van der Waals surface area (Å²) in [7, 11) is 0. The van der Waals surface area contributed by atoms with Gasteiger partial charge in [-0.25, -0.2) is 0 Å². The lowest BCUT2D eigenvalue weighted by atomic mass is 9.87. The zero-order chi connectivity index (χ0) is 40.4. The van der Waals surface area contributed by atoms with Crippen LogP contribution in [0.3, 0.4) is 0 Å². The Labute approximate surface area is 331 Å². The summed E-state index contributed by atoms with van der Waals surface area (Å²) in [5.74, 6) is 0. The van der Waals surface area contributed by atoms with E-state index in [-0.39, 0.29) is 10.8 Å². The molecule has 4 N–H and O–H groups in total. The first-order chi connectivity index (χ1) is 25.7. The normalized spacial score (nSPS) is 11.5. The minimum absolute atomic E-state index is 0.0845. The molecule has 0 bridgehead atoms. The summed E-state index contributed by atoms with van der Waals surface area (Å²) >= 11 is 0. The zero-order valence-corrected chi connectivity index (χ0v) is 35.0. The van der Waals surface area contributed by atoms with Crippen LogP contribution in [0, 0.1) is 6.92 Å². The van der Waals surface area contributed by atoms with E-state index in [0.29, 0.717) is 0 Å². The highest BCUT2D eigenvalue weighted by molar-refractivity contribution is 5.91. The summed E-state index contributed by atoms with van der Waals surface area (Å²) in [4.78, 5) is 0. The van der Waals surface area contributed by atoms with Crippen LogP contribution >= 0.6 is 0 Å². The van der Waals surface area contributed by atoms with Gasteiger partial charge in [0, 0.05) is 67.8 Å². The van der Waals surface area contributed by atoms with E-state index in [4.69, 9.17) is 0 Å². The van der Waals surface area contributed by atoms with Crippen molar-refractivity contribution in [3.63, 3.8) is 0 Å². The molecular formula is C51H60N4. The smallest absolute Gasteiger partial charge is 0.0481 e. The van der Waals surface area contributed by atoms with Crippen molar-refractivity contribution < 1.29 is 0 Å². The Morgan fingerprint density at radius 2 is 0.691 bits per heavy atom. The fourth-order valence-electron chi connectivity index (χ4n) is 6.64. The first-order valence-corrected chi connectivity index (χ1v) is 19.1. The van der Waals surface area contributed by atoms with E-state index in [1.807, 2.05) is 27.7 Å². The molecule has 0 saturated carbocycles. The molecule has 0 aliphatic carbocycles. The van der Waals surface area contributed by atoms with Crippen molar-refractivity contribution in [3.8, 4) is 0 Å². The average molecular weight is 729 g/mol. The van der Waals surface area contributed by atoms with Crippen LogP contribution in [-0.2, 0) is 10.8 Å². The molecule has 5 rings (SSSR count). The molecule has 0 aliphatic heterocycles. The average Bonchev–Trinajstić information content (AvgIpc) is 3.09. The van der Waals surface area contributed by atoms with E-state index in [0.717, 1.165) is 95.6 Å². The Kier molecular flexibility index (Phi) is 11.7. The van der Waals surface area contributed by atoms with Crippen LogP contribution in [0.4, 0.5) is 45.5 Å². The highest BCUT2D eigenvalue weighted by Crippen LogP contribution is 2.40. The maximum Gasteiger partial charge on any atom is 0.0481 e. The molecule has 55 heavy (non-hydrogen) atoms. The van der Waals surface area contributed by atoms with Crippen molar-refractivity contribution >= 4 is 67.8 Å². The Hall–Kier alpha value is -5.74. The summed E-state index contributed by atoms with van der Waals surface area (Å²) in [6, 6.07) is 32.4. The fraction of sp³-hybridized carbons (Fsp3) is 0.255. The highest BCUT2D eigenvalue weighted by atomic mass is 14.9. The number of nitrogens with one attached hydrogen (secondary N) is 4. The second-order valence-corrected chi connectivity index (χ2v) is 17.1. The standard InChI is InChI=1S/C51H60N4/c1-31(2)40-27-42(33(5)6)48(29-46(40)52-38-23-19-36(20-24-38)50(10,11)12)54-44-17-16-18-45(35(44)9)55-49-30-47(41(32(3)4)28-43(49)34(7)8)53-39-25-21-37(22-26-39)51(13,14)15/h16-30,52-55H,1,3,5,7H2,2,4,6,8-15H3. The molecule has 0 fully saturated rings. The number of anilines is 8. The van der Waals surface area contributed by atoms with Crippen LogP contribution in [0.15, 0.2) is 117 Å². The molecule has 0 unspecified atom stereocenters. The van der Waals surface area contributed by atoms with Gasteiger partial charge in [0.25, 0.3) is 0 Å². The highest BCUT2D eigenvalue weighted by Gasteiger charge is 2.18. The zero-order valence-electron chi connectivity index (χ0n) is 35.0. The minimum Gasteiger partial charge on any atom is -0.355 e. The van der Waals surface area contributed by atoms with Gasteiger partial charge >= 0.3 is 0 Å². The molecular weight excluding hydrogens is 669 g/mol. The summed E-state index contributed by atoms with van der Waals surface area (Å²) < 4.78 is 0. The van der Waals surface area contributed by atoms with E-state index >= 15 is 0 Å². The van der Waals surface area contributed by atoms with Gasteiger partial charge < -0.3 is 21.3 Å². The monoisotopic (exact) mass is 728 g/mol. The molecule has 0 radical (unpaired) electrons. The topological polar surface area (TPSA) is 48.1 Å². The molecule has 0 atom stereocenters. The largest absolute Gasteiger partial charge is 0.355 e. The van der Waals surface area contributed by atoms with Gasteiger partial charge in [0.05, 0.1) is 0 Å². The molecule has 0 heterocycles. The molecule has 4 nitrogen and oxygen atoms in total. The van der Waals surface area contributed by atoms with Gasteiger partial charge in [0.2, 0.25) is 0 Å². The fourth-order valence-corrected chi connectivity index (χ4v) is 6.64. The molecule has 4 heteroatoms. The van der Waals surface area contributed by atoms with E-state index < -0.39 is 0 Å². The number of allylic oxidation sites excluding steroid dienone is 4. The van der Waals surface area contributed by atoms with Gasteiger partial charge in [-0.1, -0.05) is 98.2 Å². The lowest BCUT2D eigenvalue weighted by Crippen LogP contribution is -2.10. The second kappa shape index (κ2) is 15.9. The van der Waals surface area contributed by atoms with E-state index in [9.17, 15) is 0 Å². The Morgan fingerprint density at radius 1 is 0.400 bits per heavy atom. The van der Waals surface area contributed by atoms with Gasteiger partial charge in [-0.05, 0) is 145 Å². The first-order valence-electron chi connectivity index (χ1n) is 19.1. The number of hydrogen-bond donors (Lipinski definition) is 4. The van der Waals surface area contributed by atoms with E-state index in [1.54, 1.807) is 0 Å². The lowest BCUT2D eigenvalue weighted by Gasteiger charge is -2.23. The molecule has 0 spiro atoms. The summed E-state index contributed by atoms with van der Waals surface area (Å²) in [5, 5.41) is 14.9. The van der Waals surface area contributed by atoms with Crippen LogP contribution in [0.2, 0.25) is 0 Å². The van der Waals surface area contributed by atoms with Gasteiger partial charge in [-0.15, -0.1) is 0 Å². The Bertz CT molecular complexity index is 2110. The van der Waals surface area contributed by atoms with Gasteiger partial charge in [-0.2, -0.15) is 0 Å². The summed E-state index contributed by atoms with van der Waals surface area (Å²) in [6.07, 6.45) is 0. The maximum atomic E-state index is 4.35. The molecule has 0 amide bonds. The van der Waals surface area contributed by atoms with Gasteiger partial charge in [0.15, 0.2) is 0 Å². The molecule has 0 aliphatic rings. The van der Waals surface area contributed by atoms with Crippen molar-refractivity contribution in [3.05, 3.63) is 156 Å². The molecule has 5 aromatic carbocycles. The number of rotatable bonds is 12. The van der Waals surface area contributed by atoms with Crippen LogP contribution < -0.4 is 21.3 Å². The third-order valence-corrected chi connectivity index (χ3v) is 10.1. The van der Waals surface area contributed by atoms with Crippen molar-refractivity contribution in [1.82, 2.24) is 0 Å². The molecule has 284 valence electrons. The predicted octanol–water partition coefficient (Wildman–Crippen LogP) is 15.7. The summed E-state index contributed by atoms with van der Waals surface area (Å²) in [5.41, 5.74) is 19.8. The van der Waals surface area contributed by atoms with Crippen LogP contribution in [0.25, 0.3) is 22.3 Å². The molecule has 5 aromatic rings. The second-order valence-electron chi connectivity index (χ2n) is 17.1. The Balaban J connectivity index is 1.52. The quantitative estimate of drug-likeness (QED) is 0.103. The van der Waals surface area contributed by atoms with Gasteiger partial charge in [-0.3, -0.25) is 0 Å². The van der Waals surface area contributed by atoms with Crippen molar-refractivity contribution in [2.75, 3.05) is 21.3 Å². The summed E-state index contributed by atoms with van der Waals surface area (Å²) in [6.45, 7) is 41.0. The third-order valence-electron chi connectivity index (χ3n) is 10.1. The van der Waals surface area contributed by atoms with E-state index in [1.165, 1.54) is 11.1 Å². The van der Waals surface area contributed by atoms with E-state index in [2.05, 4.69) is 187 Å². The van der Waals surface area contributed by atoms with Crippen LogP contribution in [-0.4, -0.2) is 0 Å². The van der Waals surface area contributed by atoms with Crippen molar-refractivity contribution in [2.45, 2.75) is 87.0 Å². The van der Waals surface area contributed by atoms with Crippen LogP contribution in [0.5, 0.6) is 0 Å². The number of benzene rings is 5. The lowest BCUT2D eigenvalue weighted by molar-refractivity contribution is 0.590. The number of hydrogen-bond acceptors (Lipinski definition) is 4. The first kappa shape index (κ1) is 40.4. The SMILES string of the molecule is C=C(C)c1cc(C(=C)C)c(Nc2cccc(Nc3cc(Nc4ccc(C(C)(C)C)cc4)c(C(=C)C)cc3C(=C)C)c2C)cc1Nc1ccc(C(C)(C)C)cc1. The van der Waals surface area contributed by atoms with Crippen LogP contribution in [0.1, 0.15) is 108 Å². The Morgan fingerprint density at radius 3 is 0.964 bits per heavy atom. The minimum atomic E-state index is 0.0845. The predicted molar refractivity (Wildman–Crippen MR) is 246 cm³/mol. The van der Waals surface area contributed by atoms with Crippen molar-refractivity contribution in [1.29, 1.82) is 0 Å². The molecule has 0 aromatic heterocycles. The third kappa shape index (κ3) is 9.50. The van der Waals surface area contributed by atoms with Crippen molar-refractivity contribution in [2.24, 2.45) is 0 Å². The van der Waals surface area contributed by atoms with Gasteiger partial charge in [0.1, 0.15) is 0 Å². The maximum absolute atomic E-state index is 4.35. The molecule has 0 saturated heterocycles.